The Morgan fingerprint density at radius 1 is 1.07 bits per heavy atom. The summed E-state index contributed by atoms with van der Waals surface area (Å²) in [6.07, 6.45) is 5.72. The van der Waals surface area contributed by atoms with Gasteiger partial charge in [-0.05, 0) is 54.7 Å². The summed E-state index contributed by atoms with van der Waals surface area (Å²) in [6.45, 7) is 8.36. The van der Waals surface area contributed by atoms with E-state index < -0.39 is 35.5 Å². The van der Waals surface area contributed by atoms with E-state index in [9.17, 15) is 19.2 Å². The van der Waals surface area contributed by atoms with Crippen LogP contribution >= 0.6 is 0 Å². The first-order valence-corrected chi connectivity index (χ1v) is 15.4. The van der Waals surface area contributed by atoms with Crippen molar-refractivity contribution in [3.63, 3.8) is 0 Å². The van der Waals surface area contributed by atoms with Gasteiger partial charge in [-0.2, -0.15) is 0 Å². The summed E-state index contributed by atoms with van der Waals surface area (Å²) in [5.41, 5.74) is 0.983. The Kier molecular flexibility index (Phi) is 8.78. The van der Waals surface area contributed by atoms with E-state index in [1.165, 1.54) is 0 Å². The summed E-state index contributed by atoms with van der Waals surface area (Å²) in [5, 5.41) is 18.4. The molecule has 2 aliphatic carbocycles. The number of nitrogens with one attached hydrogen (secondary N) is 4. The number of aliphatic carboxylic acids is 1. The van der Waals surface area contributed by atoms with E-state index in [0.717, 1.165) is 47.9 Å². The molecule has 2 aromatic carbocycles. The smallest absolute Gasteiger partial charge is 0.408 e. The van der Waals surface area contributed by atoms with Crippen molar-refractivity contribution in [2.45, 2.75) is 71.1 Å². The average molecular weight is 615 g/mol. The fraction of sp³-hybridized carbons (Fsp3) is 0.429. The van der Waals surface area contributed by atoms with Crippen LogP contribution in [0.4, 0.5) is 4.79 Å². The van der Waals surface area contributed by atoms with Gasteiger partial charge in [0.25, 0.3) is 0 Å². The summed E-state index contributed by atoms with van der Waals surface area (Å²) < 4.78 is 6.08. The molecule has 0 saturated heterocycles. The highest BCUT2D eigenvalue weighted by Gasteiger charge is 2.63. The van der Waals surface area contributed by atoms with E-state index in [1.54, 1.807) is 31.2 Å². The molecule has 2 saturated carbocycles. The van der Waals surface area contributed by atoms with Crippen molar-refractivity contribution in [2.75, 3.05) is 6.54 Å². The molecule has 5 rings (SSSR count). The molecule has 10 nitrogen and oxygen atoms in total. The predicted octanol–water partition coefficient (Wildman–Crippen LogP) is 5.02. The number of alkyl carbamates (subject to hydrolysis) is 1. The minimum absolute atomic E-state index is 0.00767. The van der Waals surface area contributed by atoms with Gasteiger partial charge in [-0.1, -0.05) is 69.3 Å². The third-order valence-electron chi connectivity index (χ3n) is 10.4. The lowest BCUT2D eigenvalue weighted by atomic mass is 9.70. The zero-order valence-corrected chi connectivity index (χ0v) is 26.2. The number of para-hydroxylation sites is 1. The number of carboxylic acids is 1. The van der Waals surface area contributed by atoms with Gasteiger partial charge in [0, 0.05) is 47.6 Å². The minimum atomic E-state index is -1.41. The zero-order valence-electron chi connectivity index (χ0n) is 26.2. The molecule has 0 radical (unpaired) electrons. The Morgan fingerprint density at radius 2 is 1.78 bits per heavy atom. The maximum atomic E-state index is 14.0. The molecule has 0 aliphatic heterocycles. The van der Waals surface area contributed by atoms with Crippen LogP contribution in [0.25, 0.3) is 10.9 Å². The number of hydrogen-bond donors (Lipinski definition) is 5. The molecule has 5 N–H and O–H groups in total. The molecule has 1 aromatic heterocycles. The molecule has 2 bridgehead atoms. The molecule has 5 atom stereocenters. The Morgan fingerprint density at radius 3 is 2.44 bits per heavy atom. The number of rotatable bonds is 11. The number of amides is 3. The summed E-state index contributed by atoms with van der Waals surface area (Å²) in [4.78, 5) is 54.2. The van der Waals surface area contributed by atoms with E-state index in [1.807, 2.05) is 36.5 Å². The largest absolute Gasteiger partial charge is 0.478 e. The van der Waals surface area contributed by atoms with Gasteiger partial charge in [0.15, 0.2) is 0 Å². The molecule has 2 aliphatic rings. The Bertz CT molecular complexity index is 1610. The number of benzene rings is 2. The van der Waals surface area contributed by atoms with Crippen LogP contribution in [0, 0.1) is 16.7 Å². The number of aromatic amines is 1. The first-order chi connectivity index (χ1) is 21.3. The number of aromatic nitrogens is 1. The maximum absolute atomic E-state index is 14.0. The lowest BCUT2D eigenvalue weighted by Gasteiger charge is -2.39. The SMILES string of the molecule is CC1(C)[C@H]2CCC1(C)[C@H](OC(=O)N[C@@](C)(Cc1c[nH]c3ccccc13)C(=O)NC[C@@H](NC(=O)C=CC(=O)O)c1ccccc1)C2. The third-order valence-corrected chi connectivity index (χ3v) is 10.4. The highest BCUT2D eigenvalue weighted by Crippen LogP contribution is 2.66. The highest BCUT2D eigenvalue weighted by molar-refractivity contribution is 5.94. The van der Waals surface area contributed by atoms with Crippen LogP contribution in [0.2, 0.25) is 0 Å². The van der Waals surface area contributed by atoms with Crippen LogP contribution < -0.4 is 16.0 Å². The fourth-order valence-electron chi connectivity index (χ4n) is 7.23. The standard InChI is InChI=1S/C35H42N4O6/c1-33(2)24-16-17-34(33,3)28(18-24)45-32(44)39-35(4,19-23-20-36-26-13-9-8-12-25(23)26)31(43)37-21-27(22-10-6-5-7-11-22)38-29(40)14-15-30(41)42/h5-15,20,24,27-28,36H,16-19,21H2,1-4H3,(H,37,43)(H,38,40)(H,39,44)(H,41,42)/t24-,27+,28+,34?,35-/m0/s1. The van der Waals surface area contributed by atoms with Crippen LogP contribution in [0.3, 0.4) is 0 Å². The summed E-state index contributed by atoms with van der Waals surface area (Å²) in [7, 11) is 0. The molecule has 3 aromatic rings. The number of fused-ring (bicyclic) bond motifs is 3. The Labute approximate surface area is 263 Å². The number of carbonyl (C=O) groups is 4. The number of H-pyrrole nitrogens is 1. The first kappa shape index (κ1) is 31.8. The van der Waals surface area contributed by atoms with Gasteiger partial charge < -0.3 is 30.8 Å². The average Bonchev–Trinajstić information content (AvgIpc) is 3.57. The van der Waals surface area contributed by atoms with Crippen molar-refractivity contribution in [1.82, 2.24) is 20.9 Å². The molecule has 0 spiro atoms. The maximum Gasteiger partial charge on any atom is 0.408 e. The molecular weight excluding hydrogens is 572 g/mol. The quantitative estimate of drug-likeness (QED) is 0.191. The van der Waals surface area contributed by atoms with Gasteiger partial charge in [0.1, 0.15) is 11.6 Å². The van der Waals surface area contributed by atoms with Gasteiger partial charge in [0.2, 0.25) is 11.8 Å². The fourth-order valence-corrected chi connectivity index (χ4v) is 7.23. The van der Waals surface area contributed by atoms with Crippen LogP contribution in [0.15, 0.2) is 72.9 Å². The Balaban J connectivity index is 1.36. The molecule has 10 heteroatoms. The second kappa shape index (κ2) is 12.4. The highest BCUT2D eigenvalue weighted by atomic mass is 16.6. The van der Waals surface area contributed by atoms with E-state index >= 15 is 0 Å². The van der Waals surface area contributed by atoms with Crippen molar-refractivity contribution in [3.8, 4) is 0 Å². The summed E-state index contributed by atoms with van der Waals surface area (Å²) in [5.74, 6) is -1.84. The van der Waals surface area contributed by atoms with Crippen molar-refractivity contribution in [3.05, 3.63) is 84.1 Å². The van der Waals surface area contributed by atoms with Crippen molar-refractivity contribution >= 4 is 34.8 Å². The van der Waals surface area contributed by atoms with Crippen molar-refractivity contribution in [2.24, 2.45) is 16.7 Å². The van der Waals surface area contributed by atoms with Crippen LogP contribution in [0.5, 0.6) is 0 Å². The normalized spacial score (nSPS) is 23.7. The van der Waals surface area contributed by atoms with Crippen LogP contribution in [-0.2, 0) is 25.5 Å². The number of hydrogen-bond acceptors (Lipinski definition) is 5. The van der Waals surface area contributed by atoms with Crippen LogP contribution in [-0.4, -0.2) is 52.2 Å². The summed E-state index contributed by atoms with van der Waals surface area (Å²) in [6, 6.07) is 16.1. The van der Waals surface area contributed by atoms with Gasteiger partial charge >= 0.3 is 12.1 Å². The van der Waals surface area contributed by atoms with Gasteiger partial charge in [-0.3, -0.25) is 9.59 Å². The predicted molar refractivity (Wildman–Crippen MR) is 170 cm³/mol. The van der Waals surface area contributed by atoms with E-state index in [4.69, 9.17) is 9.84 Å². The van der Waals surface area contributed by atoms with Gasteiger partial charge in [-0.25, -0.2) is 9.59 Å². The number of carbonyl (C=O) groups excluding carboxylic acids is 3. The Hall–Kier alpha value is -4.60. The van der Waals surface area contributed by atoms with Crippen LogP contribution in [0.1, 0.15) is 64.1 Å². The van der Waals surface area contributed by atoms with E-state index in [-0.39, 0.29) is 29.9 Å². The molecular formula is C35H42N4O6. The lowest BCUT2D eigenvalue weighted by Crippen LogP contribution is -2.59. The third kappa shape index (κ3) is 6.45. The molecule has 1 unspecified atom stereocenters. The first-order valence-electron chi connectivity index (χ1n) is 15.4. The molecule has 2 fully saturated rings. The van der Waals surface area contributed by atoms with Gasteiger partial charge in [-0.15, -0.1) is 0 Å². The summed E-state index contributed by atoms with van der Waals surface area (Å²) >= 11 is 0. The van der Waals surface area contributed by atoms with Crippen molar-refractivity contribution in [1.29, 1.82) is 0 Å². The van der Waals surface area contributed by atoms with Gasteiger partial charge in [0.05, 0.1) is 6.04 Å². The number of carboxylic acid groups (broad SMARTS) is 1. The topological polar surface area (TPSA) is 150 Å². The zero-order chi connectivity index (χ0) is 32.4. The van der Waals surface area contributed by atoms with E-state index in [0.29, 0.717) is 11.5 Å². The molecule has 3 amide bonds. The molecule has 45 heavy (non-hydrogen) atoms. The number of ether oxygens (including phenoxy) is 1. The molecule has 238 valence electrons. The van der Waals surface area contributed by atoms with E-state index in [2.05, 4.69) is 41.7 Å². The van der Waals surface area contributed by atoms with Crippen molar-refractivity contribution < 1.29 is 29.0 Å². The molecule has 1 heterocycles. The monoisotopic (exact) mass is 614 g/mol. The second-order valence-corrected chi connectivity index (χ2v) is 13.4. The lowest BCUT2D eigenvalue weighted by molar-refractivity contribution is -0.131. The minimum Gasteiger partial charge on any atom is -0.478 e. The second-order valence-electron chi connectivity index (χ2n) is 13.4.